The summed E-state index contributed by atoms with van der Waals surface area (Å²) in [6.07, 6.45) is -8.77. The molecule has 5 N–H and O–H groups in total. The van der Waals surface area contributed by atoms with Crippen molar-refractivity contribution >= 4 is 33.4 Å². The molecule has 1 aromatic carbocycles. The predicted molar refractivity (Wildman–Crippen MR) is 117 cm³/mol. The fraction of sp³-hybridized carbons (Fsp3) is 0.300. The summed E-state index contributed by atoms with van der Waals surface area (Å²) in [6, 6.07) is 7.40. The second kappa shape index (κ2) is 12.5. The van der Waals surface area contributed by atoms with Gasteiger partial charge in [-0.05, 0) is 35.9 Å². The molecule has 0 saturated heterocycles. The first-order valence-corrected chi connectivity index (χ1v) is 11.8. The van der Waals surface area contributed by atoms with Crippen LogP contribution in [0.3, 0.4) is 0 Å². The van der Waals surface area contributed by atoms with Crippen molar-refractivity contribution in [3.8, 4) is 0 Å². The van der Waals surface area contributed by atoms with Crippen LogP contribution < -0.4 is 16.4 Å². The first kappa shape index (κ1) is 31.3. The molecule has 0 spiro atoms. The number of benzene rings is 1. The van der Waals surface area contributed by atoms with Crippen LogP contribution in [0, 0.1) is 0 Å². The highest BCUT2D eigenvalue weighted by atomic mass is 32.2. The smallest absolute Gasteiger partial charge is 0.475 e. The van der Waals surface area contributed by atoms with Gasteiger partial charge in [0.1, 0.15) is 21.3 Å². The summed E-state index contributed by atoms with van der Waals surface area (Å²) in [7, 11) is -3.25. The van der Waals surface area contributed by atoms with Gasteiger partial charge in [0.2, 0.25) is 0 Å². The molecule has 0 radical (unpaired) electrons. The Hall–Kier alpha value is -3.73. The topological polar surface area (TPSA) is 169 Å². The standard InChI is InChI=1S/C18H19F3N4O4S.C2HF3O2/c1-30(28,29)6-5-23-16(26)12-3-2-4-13(9-12)17(27)25-15-8-11(10-22)7-14(24-15)18(19,20)21;3-2(4,5)1(6)7/h2-4,7-9H,5-6,10,22H2,1H3,(H,23,26)(H,24,25,27);(H,6,7). The van der Waals surface area contributed by atoms with Gasteiger partial charge in [-0.1, -0.05) is 6.07 Å². The van der Waals surface area contributed by atoms with Crippen LogP contribution in [0.1, 0.15) is 32.0 Å². The number of alkyl halides is 6. The Balaban J connectivity index is 0.000000856. The molecule has 1 aromatic heterocycles. The molecule has 2 aromatic rings. The van der Waals surface area contributed by atoms with Crippen LogP contribution in [0.25, 0.3) is 0 Å². The molecule has 0 fully saturated rings. The number of nitrogens with zero attached hydrogens (tertiary/aromatic N) is 1. The van der Waals surface area contributed by atoms with E-state index in [1.54, 1.807) is 0 Å². The number of anilines is 1. The minimum atomic E-state index is -5.08. The van der Waals surface area contributed by atoms with Gasteiger partial charge in [-0.2, -0.15) is 26.3 Å². The summed E-state index contributed by atoms with van der Waals surface area (Å²) in [5, 5.41) is 11.8. The fourth-order valence-electron chi connectivity index (χ4n) is 2.36. The van der Waals surface area contributed by atoms with Crippen molar-refractivity contribution in [2.75, 3.05) is 23.9 Å². The Kier molecular flexibility index (Phi) is 10.6. The van der Waals surface area contributed by atoms with E-state index in [4.69, 9.17) is 15.6 Å². The normalized spacial score (nSPS) is 11.7. The zero-order valence-electron chi connectivity index (χ0n) is 18.8. The number of nitrogens with one attached hydrogen (secondary N) is 2. The van der Waals surface area contributed by atoms with Gasteiger partial charge in [-0.25, -0.2) is 18.2 Å². The summed E-state index contributed by atoms with van der Waals surface area (Å²) in [5.41, 5.74) is 4.42. The van der Waals surface area contributed by atoms with Crippen molar-refractivity contribution in [2.24, 2.45) is 5.73 Å². The number of hydrogen-bond acceptors (Lipinski definition) is 7. The Morgan fingerprint density at radius 2 is 1.54 bits per heavy atom. The maximum atomic E-state index is 13.0. The molecule has 17 heteroatoms. The van der Waals surface area contributed by atoms with E-state index in [0.717, 1.165) is 12.3 Å². The molecule has 0 atom stereocenters. The van der Waals surface area contributed by atoms with Crippen molar-refractivity contribution in [1.29, 1.82) is 0 Å². The molecule has 2 amide bonds. The van der Waals surface area contributed by atoms with E-state index in [9.17, 15) is 44.3 Å². The minimum Gasteiger partial charge on any atom is -0.475 e. The van der Waals surface area contributed by atoms with E-state index in [2.05, 4.69) is 15.6 Å². The molecule has 0 bridgehead atoms. The van der Waals surface area contributed by atoms with Gasteiger partial charge in [0.25, 0.3) is 11.8 Å². The SMILES string of the molecule is CS(=O)(=O)CCNC(=O)c1cccc(C(=O)Nc2cc(CN)cc(C(F)(F)F)n2)c1.O=C(O)C(F)(F)F. The lowest BCUT2D eigenvalue weighted by atomic mass is 10.1. The van der Waals surface area contributed by atoms with Gasteiger partial charge >= 0.3 is 18.3 Å². The van der Waals surface area contributed by atoms with E-state index in [1.807, 2.05) is 0 Å². The monoisotopic (exact) mass is 558 g/mol. The highest BCUT2D eigenvalue weighted by Crippen LogP contribution is 2.29. The van der Waals surface area contributed by atoms with Crippen LogP contribution >= 0.6 is 0 Å². The second-order valence-electron chi connectivity index (χ2n) is 7.17. The van der Waals surface area contributed by atoms with Crippen LogP contribution in [0.4, 0.5) is 32.2 Å². The van der Waals surface area contributed by atoms with Gasteiger partial charge in [-0.3, -0.25) is 9.59 Å². The maximum Gasteiger partial charge on any atom is 0.490 e. The van der Waals surface area contributed by atoms with Gasteiger partial charge < -0.3 is 21.5 Å². The third-order valence-corrected chi connectivity index (χ3v) is 4.99. The van der Waals surface area contributed by atoms with Crippen molar-refractivity contribution in [3.63, 3.8) is 0 Å². The van der Waals surface area contributed by atoms with E-state index in [1.165, 1.54) is 30.3 Å². The van der Waals surface area contributed by atoms with E-state index < -0.39 is 45.7 Å². The maximum absolute atomic E-state index is 13.0. The first-order valence-electron chi connectivity index (χ1n) is 9.79. The van der Waals surface area contributed by atoms with Crippen LogP contribution in [-0.2, 0) is 27.4 Å². The van der Waals surface area contributed by atoms with Crippen molar-refractivity contribution in [2.45, 2.75) is 18.9 Å². The number of halogens is 6. The van der Waals surface area contributed by atoms with E-state index in [-0.39, 0.29) is 41.4 Å². The van der Waals surface area contributed by atoms with Gasteiger partial charge in [0.05, 0.1) is 5.75 Å². The van der Waals surface area contributed by atoms with E-state index >= 15 is 0 Å². The number of aliphatic carboxylic acids is 1. The molecule has 0 saturated carbocycles. The van der Waals surface area contributed by atoms with Gasteiger partial charge in [0, 0.05) is 30.5 Å². The lowest BCUT2D eigenvalue weighted by Gasteiger charge is -2.12. The number of hydrogen-bond donors (Lipinski definition) is 4. The molecule has 0 aliphatic rings. The van der Waals surface area contributed by atoms with Crippen LogP contribution in [0.15, 0.2) is 36.4 Å². The largest absolute Gasteiger partial charge is 0.490 e. The molecule has 2 rings (SSSR count). The summed E-state index contributed by atoms with van der Waals surface area (Å²) in [4.78, 5) is 36.8. The highest BCUT2D eigenvalue weighted by Gasteiger charge is 2.38. The van der Waals surface area contributed by atoms with Crippen molar-refractivity contribution in [3.05, 3.63) is 58.8 Å². The molecule has 1 heterocycles. The minimum absolute atomic E-state index is 0.000673. The predicted octanol–water partition coefficient (Wildman–Crippen LogP) is 2.22. The summed E-state index contributed by atoms with van der Waals surface area (Å²) in [5.74, 6) is -4.72. The average Bonchev–Trinajstić information content (AvgIpc) is 2.77. The number of rotatable bonds is 7. The number of carbonyl (C=O) groups is 3. The molecule has 0 aliphatic carbocycles. The highest BCUT2D eigenvalue weighted by molar-refractivity contribution is 7.90. The quantitative estimate of drug-likeness (QED) is 0.375. The second-order valence-corrected chi connectivity index (χ2v) is 9.43. The Labute approximate surface area is 205 Å². The third-order valence-electron chi connectivity index (χ3n) is 4.04. The molecular weight excluding hydrogens is 538 g/mol. The Bertz CT molecular complexity index is 1250. The lowest BCUT2D eigenvalue weighted by Crippen LogP contribution is -2.29. The number of aromatic nitrogens is 1. The number of nitrogens with two attached hydrogens (primary N) is 1. The Morgan fingerprint density at radius 1 is 1.00 bits per heavy atom. The lowest BCUT2D eigenvalue weighted by molar-refractivity contribution is -0.192. The fourth-order valence-corrected chi connectivity index (χ4v) is 2.83. The molecule has 0 aliphatic heterocycles. The molecule has 37 heavy (non-hydrogen) atoms. The first-order chi connectivity index (χ1) is 16.8. The number of amides is 2. The number of carbonyl (C=O) groups excluding carboxylic acids is 2. The summed E-state index contributed by atoms with van der Waals surface area (Å²) < 4.78 is 92.8. The number of pyridine rings is 1. The third kappa shape index (κ3) is 11.2. The zero-order valence-corrected chi connectivity index (χ0v) is 19.6. The van der Waals surface area contributed by atoms with Crippen LogP contribution in [-0.4, -0.2) is 61.0 Å². The molecule has 10 nitrogen and oxygen atoms in total. The van der Waals surface area contributed by atoms with Crippen LogP contribution in [0.5, 0.6) is 0 Å². The zero-order chi connectivity index (χ0) is 28.6. The number of sulfone groups is 1. The molecule has 204 valence electrons. The average molecular weight is 558 g/mol. The summed E-state index contributed by atoms with van der Waals surface area (Å²) >= 11 is 0. The van der Waals surface area contributed by atoms with E-state index in [0.29, 0.717) is 0 Å². The van der Waals surface area contributed by atoms with Crippen LogP contribution in [0.2, 0.25) is 0 Å². The molecule has 0 unspecified atom stereocenters. The van der Waals surface area contributed by atoms with Crippen molar-refractivity contribution in [1.82, 2.24) is 10.3 Å². The molecular formula is C20H20F6N4O6S. The number of carboxylic acids is 1. The summed E-state index contributed by atoms with van der Waals surface area (Å²) in [6.45, 7) is -0.290. The Morgan fingerprint density at radius 3 is 2.00 bits per heavy atom. The van der Waals surface area contributed by atoms with Gasteiger partial charge in [0.15, 0.2) is 0 Å². The number of carboxylic acid groups (broad SMARTS) is 1. The van der Waals surface area contributed by atoms with Gasteiger partial charge in [-0.15, -0.1) is 0 Å². The van der Waals surface area contributed by atoms with Crippen molar-refractivity contribution < 1.29 is 54.3 Å².